The van der Waals surface area contributed by atoms with Crippen LogP contribution in [0.3, 0.4) is 0 Å². The number of hydrogen-bond acceptors (Lipinski definition) is 4. The van der Waals surface area contributed by atoms with E-state index in [0.29, 0.717) is 5.56 Å². The van der Waals surface area contributed by atoms with Crippen molar-refractivity contribution in [1.82, 2.24) is 0 Å². The molecule has 0 amide bonds. The van der Waals surface area contributed by atoms with Crippen LogP contribution >= 0.6 is 0 Å². The van der Waals surface area contributed by atoms with Crippen LogP contribution in [0.4, 0.5) is 4.39 Å². The summed E-state index contributed by atoms with van der Waals surface area (Å²) >= 11 is 0. The first kappa shape index (κ1) is 22.6. The Labute approximate surface area is 188 Å². The van der Waals surface area contributed by atoms with Gasteiger partial charge in [0.05, 0.1) is 12.7 Å². The molecule has 0 bridgehead atoms. The molecule has 1 unspecified atom stereocenters. The molecule has 1 heterocycles. The van der Waals surface area contributed by atoms with E-state index in [2.05, 4.69) is 0 Å². The Morgan fingerprint density at radius 2 is 1.25 bits per heavy atom. The molecule has 4 rings (SSSR count). The molecular weight excluding hydrogens is 407 g/mol. The number of halogens is 1. The lowest BCUT2D eigenvalue weighted by Crippen LogP contribution is -2.72. The van der Waals surface area contributed by atoms with E-state index < -0.39 is 29.8 Å². The molecule has 2 N–H and O–H groups in total. The van der Waals surface area contributed by atoms with Crippen molar-refractivity contribution in [2.45, 2.75) is 56.1 Å². The summed E-state index contributed by atoms with van der Waals surface area (Å²) in [7, 11) is 0. The molecule has 4 nitrogen and oxygen atoms in total. The van der Waals surface area contributed by atoms with Crippen LogP contribution in [-0.2, 0) is 28.9 Å². The van der Waals surface area contributed by atoms with Gasteiger partial charge in [-0.1, -0.05) is 91.0 Å². The van der Waals surface area contributed by atoms with Gasteiger partial charge in [0.25, 0.3) is 0 Å². The quantitative estimate of drug-likeness (QED) is 0.582. The van der Waals surface area contributed by atoms with Crippen LogP contribution < -0.4 is 0 Å². The van der Waals surface area contributed by atoms with E-state index in [1.165, 1.54) is 0 Å². The van der Waals surface area contributed by atoms with E-state index in [0.717, 1.165) is 11.1 Å². The van der Waals surface area contributed by atoms with Crippen molar-refractivity contribution in [3.05, 3.63) is 108 Å². The molecule has 0 radical (unpaired) electrons. The van der Waals surface area contributed by atoms with Crippen molar-refractivity contribution in [2.75, 3.05) is 0 Å². The fraction of sp³-hybridized carbons (Fsp3) is 0.333. The van der Waals surface area contributed by atoms with Crippen LogP contribution in [0, 0.1) is 0 Å². The molecule has 1 fully saturated rings. The number of alkyl halides is 1. The lowest BCUT2D eigenvalue weighted by molar-refractivity contribution is -0.369. The number of aliphatic hydroxyl groups excluding tert-OH is 2. The van der Waals surface area contributed by atoms with Crippen LogP contribution in [0.1, 0.15) is 23.6 Å². The maximum absolute atomic E-state index is 17.0. The van der Waals surface area contributed by atoms with E-state index in [4.69, 9.17) is 9.47 Å². The molecule has 1 aliphatic heterocycles. The maximum atomic E-state index is 17.0. The van der Waals surface area contributed by atoms with Crippen LogP contribution in [0.5, 0.6) is 0 Å². The first-order valence-corrected chi connectivity index (χ1v) is 10.9. The highest BCUT2D eigenvalue weighted by atomic mass is 19.2. The zero-order chi connectivity index (χ0) is 22.6. The average Bonchev–Trinajstić information content (AvgIpc) is 2.82. The first-order chi connectivity index (χ1) is 15.4. The number of ether oxygens (including phenoxy) is 2. The molecule has 3 aromatic carbocycles. The first-order valence-electron chi connectivity index (χ1n) is 10.9. The fourth-order valence-electron chi connectivity index (χ4n) is 4.43. The van der Waals surface area contributed by atoms with Crippen molar-refractivity contribution < 1.29 is 24.1 Å². The third-order valence-corrected chi connectivity index (χ3v) is 6.21. The van der Waals surface area contributed by atoms with Crippen molar-refractivity contribution in [1.29, 1.82) is 0 Å². The monoisotopic (exact) mass is 436 g/mol. The minimum Gasteiger partial charge on any atom is -0.388 e. The van der Waals surface area contributed by atoms with Gasteiger partial charge in [-0.3, -0.25) is 0 Å². The van der Waals surface area contributed by atoms with Gasteiger partial charge in [0.1, 0.15) is 12.2 Å². The normalized spacial score (nSPS) is 30.2. The average molecular weight is 437 g/mol. The van der Waals surface area contributed by atoms with E-state index in [-0.39, 0.29) is 19.4 Å². The third kappa shape index (κ3) is 4.48. The molecule has 0 spiro atoms. The molecule has 168 valence electrons. The molecule has 0 aromatic heterocycles. The van der Waals surface area contributed by atoms with E-state index in [1.807, 2.05) is 91.0 Å². The van der Waals surface area contributed by atoms with Gasteiger partial charge in [0.2, 0.25) is 5.85 Å². The van der Waals surface area contributed by atoms with Gasteiger partial charge in [-0.25, -0.2) is 4.39 Å². The van der Waals surface area contributed by atoms with E-state index in [1.54, 1.807) is 6.92 Å². The zero-order valence-electron chi connectivity index (χ0n) is 18.1. The molecule has 5 atom stereocenters. The summed E-state index contributed by atoms with van der Waals surface area (Å²) in [4.78, 5) is 0. The van der Waals surface area contributed by atoms with Gasteiger partial charge in [-0.05, 0) is 23.6 Å². The third-order valence-electron chi connectivity index (χ3n) is 6.21. The van der Waals surface area contributed by atoms with Crippen LogP contribution in [-0.4, -0.2) is 40.0 Å². The Morgan fingerprint density at radius 3 is 1.78 bits per heavy atom. The molecule has 1 aliphatic rings. The van der Waals surface area contributed by atoms with Gasteiger partial charge < -0.3 is 19.7 Å². The van der Waals surface area contributed by atoms with Crippen molar-refractivity contribution >= 4 is 0 Å². The lowest BCUT2D eigenvalue weighted by Gasteiger charge is -2.54. The highest BCUT2D eigenvalue weighted by Crippen LogP contribution is 2.46. The fourth-order valence-corrected chi connectivity index (χ4v) is 4.43. The summed E-state index contributed by atoms with van der Waals surface area (Å²) in [6, 6.07) is 27.8. The lowest BCUT2D eigenvalue weighted by atomic mass is 9.74. The van der Waals surface area contributed by atoms with Crippen molar-refractivity contribution in [2.24, 2.45) is 0 Å². The van der Waals surface area contributed by atoms with Gasteiger partial charge >= 0.3 is 0 Å². The van der Waals surface area contributed by atoms with Crippen LogP contribution in [0.25, 0.3) is 0 Å². The van der Waals surface area contributed by atoms with Gasteiger partial charge in [-0.2, -0.15) is 0 Å². The van der Waals surface area contributed by atoms with Crippen LogP contribution in [0.15, 0.2) is 91.0 Å². The van der Waals surface area contributed by atoms with Crippen LogP contribution in [0.2, 0.25) is 0 Å². The predicted octanol–water partition coefficient (Wildman–Crippen LogP) is 4.23. The largest absolute Gasteiger partial charge is 0.388 e. The second kappa shape index (κ2) is 9.51. The van der Waals surface area contributed by atoms with E-state index in [9.17, 15) is 10.2 Å². The minimum atomic E-state index is -2.38. The van der Waals surface area contributed by atoms with Gasteiger partial charge in [0, 0.05) is 12.8 Å². The topological polar surface area (TPSA) is 58.9 Å². The maximum Gasteiger partial charge on any atom is 0.245 e. The Hall–Kier alpha value is -2.57. The standard InChI is InChI=1S/C27H29FO4/c1-20-24(29)25(30)26(17-21-11-5-2-6-12-21,31-19-23-15-9-4-10-16-23)27(28,32-20)18-22-13-7-3-8-14-22/h2-16,20,24-25,29-30H,17-19H2,1H3/t20-,24+,25+,26-,27?/m1/s1. The summed E-state index contributed by atoms with van der Waals surface area (Å²) in [5.74, 6) is -2.38. The highest BCUT2D eigenvalue weighted by Gasteiger charge is 2.65. The zero-order valence-corrected chi connectivity index (χ0v) is 18.1. The summed E-state index contributed by atoms with van der Waals surface area (Å²) < 4.78 is 29.1. The number of hydrogen-bond donors (Lipinski definition) is 2. The highest BCUT2D eigenvalue weighted by molar-refractivity contribution is 5.25. The number of aliphatic hydroxyl groups is 2. The Kier molecular flexibility index (Phi) is 6.72. The van der Waals surface area contributed by atoms with Crippen molar-refractivity contribution in [3.63, 3.8) is 0 Å². The molecule has 5 heteroatoms. The Bertz CT molecular complexity index is 984. The van der Waals surface area contributed by atoms with E-state index >= 15 is 4.39 Å². The molecular formula is C27H29FO4. The summed E-state index contributed by atoms with van der Waals surface area (Å²) in [6.45, 7) is 1.63. The second-order valence-electron chi connectivity index (χ2n) is 8.48. The Morgan fingerprint density at radius 1 is 0.781 bits per heavy atom. The number of benzene rings is 3. The predicted molar refractivity (Wildman–Crippen MR) is 121 cm³/mol. The van der Waals surface area contributed by atoms with Crippen molar-refractivity contribution in [3.8, 4) is 0 Å². The van der Waals surface area contributed by atoms with Gasteiger partial charge in [-0.15, -0.1) is 0 Å². The Balaban J connectivity index is 1.78. The molecule has 0 aliphatic carbocycles. The number of rotatable bonds is 7. The minimum absolute atomic E-state index is 0.0367. The molecule has 3 aromatic rings. The molecule has 32 heavy (non-hydrogen) atoms. The smallest absolute Gasteiger partial charge is 0.245 e. The second-order valence-corrected chi connectivity index (χ2v) is 8.48. The molecule has 1 saturated heterocycles. The SMILES string of the molecule is C[C@H]1OC(F)(Cc2ccccc2)[C@](Cc2ccccc2)(OCc2ccccc2)[C@@H](O)[C@H]1O. The molecule has 0 saturated carbocycles. The summed E-state index contributed by atoms with van der Waals surface area (Å²) in [5, 5.41) is 22.1. The van der Waals surface area contributed by atoms with Gasteiger partial charge in [0.15, 0.2) is 5.60 Å². The summed E-state index contributed by atoms with van der Waals surface area (Å²) in [6.07, 6.45) is -3.78. The summed E-state index contributed by atoms with van der Waals surface area (Å²) in [5.41, 5.74) is 0.500.